The lowest BCUT2D eigenvalue weighted by Crippen LogP contribution is -2.17. The number of benzene rings is 12. The number of fused-ring (bicyclic) bond motifs is 12. The Morgan fingerprint density at radius 2 is 0.696 bits per heavy atom. The van der Waals surface area contributed by atoms with E-state index in [-0.39, 0.29) is 5.41 Å². The fourth-order valence-corrected chi connectivity index (χ4v) is 11.8. The quantitative estimate of drug-likeness (QED) is 0.151. The van der Waals surface area contributed by atoms with Crippen molar-refractivity contribution in [2.75, 3.05) is 4.90 Å². The first kappa shape index (κ1) is 39.4. The summed E-state index contributed by atoms with van der Waals surface area (Å²) in [6.45, 7) is 4.79. The van der Waals surface area contributed by atoms with E-state index in [0.717, 1.165) is 17.1 Å². The number of para-hydroxylation sites is 2. The molecule has 12 aromatic carbocycles. The molecule has 1 aliphatic rings. The summed E-state index contributed by atoms with van der Waals surface area (Å²) in [6.07, 6.45) is 0. The summed E-state index contributed by atoms with van der Waals surface area (Å²) in [5.74, 6) is 0. The average Bonchev–Trinajstić information content (AvgIpc) is 3.86. The third-order valence-electron chi connectivity index (χ3n) is 15.1. The smallest absolute Gasteiger partial charge is 0.0541 e. The van der Waals surface area contributed by atoms with Gasteiger partial charge in [0.15, 0.2) is 0 Å². The molecule has 0 unspecified atom stereocenters. The Bertz CT molecular complexity index is 3990. The van der Waals surface area contributed by atoms with Gasteiger partial charge >= 0.3 is 0 Å². The molecule has 0 N–H and O–H groups in total. The van der Waals surface area contributed by atoms with Gasteiger partial charge in [0.1, 0.15) is 0 Å². The molecule has 0 spiro atoms. The summed E-state index contributed by atoms with van der Waals surface area (Å²) in [6, 6.07) is 90.0. The second-order valence-electron chi connectivity index (χ2n) is 19.3. The first-order chi connectivity index (χ1) is 34.0. The minimum Gasteiger partial charge on any atom is -0.310 e. The molecule has 0 saturated heterocycles. The highest BCUT2D eigenvalue weighted by atomic mass is 15.1. The molecule has 0 fully saturated rings. The normalized spacial score (nSPS) is 12.9. The van der Waals surface area contributed by atoms with Crippen LogP contribution in [0.15, 0.2) is 243 Å². The van der Waals surface area contributed by atoms with E-state index in [4.69, 9.17) is 0 Å². The third kappa shape index (κ3) is 6.05. The highest BCUT2D eigenvalue weighted by Gasteiger charge is 2.36. The fraction of sp³-hybridized carbons (Fsp3) is 0.0448. The van der Waals surface area contributed by atoms with Crippen LogP contribution < -0.4 is 4.90 Å². The Balaban J connectivity index is 0.901. The van der Waals surface area contributed by atoms with Crippen molar-refractivity contribution < 1.29 is 0 Å². The largest absolute Gasteiger partial charge is 0.310 e. The van der Waals surface area contributed by atoms with Crippen molar-refractivity contribution in [1.29, 1.82) is 0 Å². The molecule has 0 atom stereocenters. The van der Waals surface area contributed by atoms with Gasteiger partial charge in [0.25, 0.3) is 0 Å². The molecule has 0 bridgehead atoms. The summed E-state index contributed by atoms with van der Waals surface area (Å²) < 4.78 is 2.44. The van der Waals surface area contributed by atoms with Crippen molar-refractivity contribution in [3.63, 3.8) is 0 Å². The Morgan fingerprint density at radius 3 is 1.20 bits per heavy atom. The first-order valence-corrected chi connectivity index (χ1v) is 24.1. The summed E-state index contributed by atoms with van der Waals surface area (Å²) in [5, 5.41) is 12.7. The molecule has 0 saturated carbocycles. The highest BCUT2D eigenvalue weighted by Crippen LogP contribution is 2.52. The second kappa shape index (κ2) is 15.2. The third-order valence-corrected chi connectivity index (χ3v) is 15.1. The molecule has 1 heterocycles. The van der Waals surface area contributed by atoms with Crippen molar-refractivity contribution >= 4 is 82.0 Å². The Morgan fingerprint density at radius 1 is 0.304 bits per heavy atom. The summed E-state index contributed by atoms with van der Waals surface area (Å²) in [7, 11) is 0. The van der Waals surface area contributed by atoms with Crippen LogP contribution in [-0.2, 0) is 5.41 Å². The molecule has 14 rings (SSSR count). The van der Waals surface area contributed by atoms with E-state index < -0.39 is 0 Å². The van der Waals surface area contributed by atoms with Gasteiger partial charge < -0.3 is 9.47 Å². The molecule has 0 aliphatic heterocycles. The van der Waals surface area contributed by atoms with Crippen LogP contribution in [0.1, 0.15) is 25.0 Å². The van der Waals surface area contributed by atoms with Crippen molar-refractivity contribution in [3.05, 3.63) is 254 Å². The number of hydrogen-bond donors (Lipinski definition) is 0. The Hall–Kier alpha value is -8.72. The molecule has 2 heteroatoms. The molecule has 1 aromatic heterocycles. The lowest BCUT2D eigenvalue weighted by molar-refractivity contribution is 0.660. The van der Waals surface area contributed by atoms with Gasteiger partial charge in [-0.3, -0.25) is 0 Å². The van der Waals surface area contributed by atoms with Crippen LogP contribution in [0.3, 0.4) is 0 Å². The highest BCUT2D eigenvalue weighted by molar-refractivity contribution is 6.15. The Kier molecular flexibility index (Phi) is 8.66. The molecule has 1 aliphatic carbocycles. The van der Waals surface area contributed by atoms with Gasteiger partial charge in [-0.15, -0.1) is 0 Å². The predicted octanol–water partition coefficient (Wildman–Crippen LogP) is 18.5. The van der Waals surface area contributed by atoms with Crippen LogP contribution in [0.25, 0.3) is 104 Å². The van der Waals surface area contributed by atoms with E-state index in [1.165, 1.54) is 115 Å². The summed E-state index contributed by atoms with van der Waals surface area (Å²) in [5.41, 5.74) is 16.9. The van der Waals surface area contributed by atoms with Gasteiger partial charge in [0.2, 0.25) is 0 Å². The van der Waals surface area contributed by atoms with Crippen LogP contribution >= 0.6 is 0 Å². The average molecular weight is 879 g/mol. The number of rotatable bonds is 6. The molecule has 324 valence electrons. The topological polar surface area (TPSA) is 8.17 Å². The van der Waals surface area contributed by atoms with Crippen molar-refractivity contribution in [3.8, 4) is 39.1 Å². The van der Waals surface area contributed by atoms with Gasteiger partial charge in [-0.05, 0) is 160 Å². The molecular weight excluding hydrogens is 833 g/mol. The fourth-order valence-electron chi connectivity index (χ4n) is 11.8. The zero-order valence-corrected chi connectivity index (χ0v) is 38.5. The molecule has 2 nitrogen and oxygen atoms in total. The molecule has 0 amide bonds. The number of aromatic nitrogens is 1. The Labute approximate surface area is 401 Å². The van der Waals surface area contributed by atoms with Crippen LogP contribution in [0.5, 0.6) is 0 Å². The van der Waals surface area contributed by atoms with E-state index in [2.05, 4.69) is 266 Å². The molecular formula is C67H46N2. The van der Waals surface area contributed by atoms with Crippen LogP contribution in [0.4, 0.5) is 17.1 Å². The van der Waals surface area contributed by atoms with Gasteiger partial charge in [-0.1, -0.05) is 184 Å². The number of anilines is 3. The van der Waals surface area contributed by atoms with E-state index in [1.807, 2.05) is 0 Å². The van der Waals surface area contributed by atoms with E-state index in [1.54, 1.807) is 0 Å². The van der Waals surface area contributed by atoms with E-state index >= 15 is 0 Å². The number of hydrogen-bond acceptors (Lipinski definition) is 1. The van der Waals surface area contributed by atoms with Crippen molar-refractivity contribution in [2.24, 2.45) is 0 Å². The number of nitrogens with zero attached hydrogens (tertiary/aromatic N) is 2. The summed E-state index contributed by atoms with van der Waals surface area (Å²) >= 11 is 0. The maximum absolute atomic E-state index is 2.45. The lowest BCUT2D eigenvalue weighted by atomic mass is 9.82. The van der Waals surface area contributed by atoms with Gasteiger partial charge in [-0.25, -0.2) is 0 Å². The van der Waals surface area contributed by atoms with E-state index in [0.29, 0.717) is 0 Å². The minimum atomic E-state index is -0.247. The van der Waals surface area contributed by atoms with Crippen LogP contribution in [-0.4, -0.2) is 4.57 Å². The molecule has 0 radical (unpaired) electrons. The maximum Gasteiger partial charge on any atom is 0.0541 e. The van der Waals surface area contributed by atoms with Gasteiger partial charge in [0.05, 0.1) is 11.0 Å². The van der Waals surface area contributed by atoms with Gasteiger partial charge in [0, 0.05) is 38.9 Å². The van der Waals surface area contributed by atoms with Crippen molar-refractivity contribution in [1.82, 2.24) is 4.57 Å². The molecule has 69 heavy (non-hydrogen) atoms. The lowest BCUT2D eigenvalue weighted by Gasteiger charge is -2.28. The monoisotopic (exact) mass is 878 g/mol. The van der Waals surface area contributed by atoms with E-state index in [9.17, 15) is 0 Å². The predicted molar refractivity (Wildman–Crippen MR) is 294 cm³/mol. The van der Waals surface area contributed by atoms with Gasteiger partial charge in [-0.2, -0.15) is 0 Å². The van der Waals surface area contributed by atoms with Crippen LogP contribution in [0.2, 0.25) is 0 Å². The second-order valence-corrected chi connectivity index (χ2v) is 19.3. The molecule has 13 aromatic rings. The minimum absolute atomic E-state index is 0.247. The zero-order valence-electron chi connectivity index (χ0n) is 38.5. The standard InChI is InChI=1S/C67H46N2/c1-67(2)63-41-49(35-37-57(63)58-38-36-50(42-64(58)67)69-65-25-13-11-23-59(65)60-24-12-14-26-66(60)69)68(47-31-27-43(28-32-47)61-39-45-15-3-5-17-51(45)53-19-7-9-21-55(53)61)48-33-29-44(30-34-48)62-40-46-16-4-6-18-52(46)54-20-8-10-22-56(54)62/h3-42H,1-2H3. The first-order valence-electron chi connectivity index (χ1n) is 24.1. The SMILES string of the molecule is CC1(C)c2cc(N(c3ccc(-c4cc5ccccc5c5ccccc45)cc3)c3ccc(-c4cc5ccccc5c5ccccc45)cc3)ccc2-c2ccc(-n3c4ccccc4c4ccccc43)cc21. The zero-order chi connectivity index (χ0) is 45.8. The summed E-state index contributed by atoms with van der Waals surface area (Å²) in [4.78, 5) is 2.44. The van der Waals surface area contributed by atoms with Crippen LogP contribution in [0, 0.1) is 0 Å². The van der Waals surface area contributed by atoms with Crippen molar-refractivity contribution in [2.45, 2.75) is 19.3 Å². The maximum atomic E-state index is 2.45.